The average Bonchev–Trinajstić information content (AvgIpc) is 2.85. The summed E-state index contributed by atoms with van der Waals surface area (Å²) in [4.78, 5) is 39.0. The van der Waals surface area contributed by atoms with Gasteiger partial charge in [0.05, 0.1) is 17.0 Å². The Labute approximate surface area is 212 Å². The van der Waals surface area contributed by atoms with Crippen molar-refractivity contribution in [2.75, 3.05) is 31.5 Å². The van der Waals surface area contributed by atoms with Crippen molar-refractivity contribution in [3.05, 3.63) is 63.5 Å². The first kappa shape index (κ1) is 25.2. The van der Waals surface area contributed by atoms with Crippen LogP contribution in [0.5, 0.6) is 0 Å². The summed E-state index contributed by atoms with van der Waals surface area (Å²) in [5, 5.41) is 3.45. The molecule has 0 bridgehead atoms. The fourth-order valence-corrected chi connectivity index (χ4v) is 5.10. The second-order valence-corrected chi connectivity index (χ2v) is 9.71. The number of amides is 1. The number of halogens is 3. The zero-order chi connectivity index (χ0) is 26.3. The number of aryl methyl sites for hydroxylation is 1. The lowest BCUT2D eigenvalue weighted by Crippen LogP contribution is -2.54. The number of carbonyl (C=O) groups excluding carboxylic acids is 1. The molecule has 1 N–H and O–H groups in total. The SMILES string of the molecule is C[C@@H](Nc1ncnc2c1cc(C(=O)N1CCN(C3CCC3)CC1)c(=O)n2C)c1cccc(C(F)F)c1F. The second kappa shape index (κ2) is 10.1. The molecule has 2 aliphatic rings. The molecule has 1 aliphatic carbocycles. The standard InChI is InChI=1S/C26H29F3N6O2/c1-15(17-7-4-8-18(21(17)27)22(28)29)32-23-19-13-20(25(36)33(2)24(19)31-14-30-23)26(37)35-11-9-34(10-12-35)16-5-3-6-16/h4,7-8,13-16,22H,3,5-6,9-12H2,1-2H3,(H,30,31,32)/t15-/m1/s1. The van der Waals surface area contributed by atoms with E-state index in [1.165, 1.54) is 55.4 Å². The number of anilines is 1. The molecule has 37 heavy (non-hydrogen) atoms. The number of carbonyl (C=O) groups is 1. The quantitative estimate of drug-likeness (QED) is 0.538. The monoisotopic (exact) mass is 514 g/mol. The van der Waals surface area contributed by atoms with Gasteiger partial charge in [0.15, 0.2) is 0 Å². The van der Waals surface area contributed by atoms with Crippen LogP contribution in [0.4, 0.5) is 19.0 Å². The molecule has 1 atom stereocenters. The highest BCUT2D eigenvalue weighted by atomic mass is 19.3. The van der Waals surface area contributed by atoms with Crippen LogP contribution in [-0.4, -0.2) is 62.5 Å². The van der Waals surface area contributed by atoms with Gasteiger partial charge in [0.1, 0.15) is 29.2 Å². The number of pyridine rings is 1. The molecule has 0 unspecified atom stereocenters. The maximum atomic E-state index is 14.7. The van der Waals surface area contributed by atoms with E-state index in [0.29, 0.717) is 30.2 Å². The van der Waals surface area contributed by atoms with Crippen LogP contribution in [0.15, 0.2) is 35.4 Å². The van der Waals surface area contributed by atoms with Gasteiger partial charge >= 0.3 is 0 Å². The van der Waals surface area contributed by atoms with E-state index < -0.39 is 29.4 Å². The van der Waals surface area contributed by atoms with Gasteiger partial charge < -0.3 is 10.2 Å². The number of hydrogen-bond acceptors (Lipinski definition) is 6. The molecule has 5 rings (SSSR count). The molecule has 0 spiro atoms. The molecular weight excluding hydrogens is 485 g/mol. The van der Waals surface area contributed by atoms with E-state index in [4.69, 9.17) is 0 Å². The first-order valence-electron chi connectivity index (χ1n) is 12.5. The maximum absolute atomic E-state index is 14.7. The molecule has 11 heteroatoms. The Kier molecular flexibility index (Phi) is 6.89. The number of alkyl halides is 2. The predicted molar refractivity (Wildman–Crippen MR) is 133 cm³/mol. The third-order valence-corrected chi connectivity index (χ3v) is 7.54. The fraction of sp³-hybridized carbons (Fsp3) is 0.462. The smallest absolute Gasteiger partial charge is 0.266 e. The van der Waals surface area contributed by atoms with Crippen LogP contribution < -0.4 is 10.9 Å². The van der Waals surface area contributed by atoms with Gasteiger partial charge in [0, 0.05) is 44.8 Å². The minimum absolute atomic E-state index is 0.00322. The summed E-state index contributed by atoms with van der Waals surface area (Å²) in [7, 11) is 1.53. The summed E-state index contributed by atoms with van der Waals surface area (Å²) < 4.78 is 42.4. The van der Waals surface area contributed by atoms with Crippen LogP contribution in [0.25, 0.3) is 11.0 Å². The van der Waals surface area contributed by atoms with Gasteiger partial charge in [-0.2, -0.15) is 0 Å². The van der Waals surface area contributed by atoms with E-state index in [-0.39, 0.29) is 22.9 Å². The highest BCUT2D eigenvalue weighted by Gasteiger charge is 2.31. The molecule has 196 valence electrons. The van der Waals surface area contributed by atoms with Gasteiger partial charge in [0.2, 0.25) is 0 Å². The number of benzene rings is 1. The van der Waals surface area contributed by atoms with Gasteiger partial charge in [-0.05, 0) is 25.8 Å². The van der Waals surface area contributed by atoms with Crippen molar-refractivity contribution in [1.29, 1.82) is 0 Å². The van der Waals surface area contributed by atoms with Crippen molar-refractivity contribution in [2.24, 2.45) is 7.05 Å². The highest BCUT2D eigenvalue weighted by Crippen LogP contribution is 2.30. The Hall–Kier alpha value is -3.47. The predicted octanol–water partition coefficient (Wildman–Crippen LogP) is 3.89. The topological polar surface area (TPSA) is 83.4 Å². The number of rotatable bonds is 6. The van der Waals surface area contributed by atoms with Crippen molar-refractivity contribution in [3.8, 4) is 0 Å². The van der Waals surface area contributed by atoms with Crippen LogP contribution in [0.3, 0.4) is 0 Å². The Bertz CT molecular complexity index is 1380. The summed E-state index contributed by atoms with van der Waals surface area (Å²) in [6, 6.07) is 5.20. The van der Waals surface area contributed by atoms with Gasteiger partial charge in [-0.15, -0.1) is 0 Å². The molecule has 1 amide bonds. The Balaban J connectivity index is 1.44. The second-order valence-electron chi connectivity index (χ2n) is 9.71. The zero-order valence-corrected chi connectivity index (χ0v) is 20.8. The number of piperazine rings is 1. The van der Waals surface area contributed by atoms with Crippen LogP contribution in [0.1, 0.15) is 60.1 Å². The van der Waals surface area contributed by atoms with Crippen molar-refractivity contribution in [1.82, 2.24) is 24.3 Å². The van der Waals surface area contributed by atoms with Gasteiger partial charge in [0.25, 0.3) is 17.9 Å². The third kappa shape index (κ3) is 4.68. The van der Waals surface area contributed by atoms with Crippen LogP contribution in [0.2, 0.25) is 0 Å². The number of hydrogen-bond donors (Lipinski definition) is 1. The molecule has 3 heterocycles. The van der Waals surface area contributed by atoms with E-state index >= 15 is 0 Å². The molecule has 1 saturated carbocycles. The number of aromatic nitrogens is 3. The summed E-state index contributed by atoms with van der Waals surface area (Å²) in [5.74, 6) is -1.08. The minimum atomic E-state index is -2.94. The summed E-state index contributed by atoms with van der Waals surface area (Å²) in [6.07, 6.45) is 1.96. The molecule has 1 aliphatic heterocycles. The van der Waals surface area contributed by atoms with Crippen LogP contribution in [-0.2, 0) is 7.05 Å². The van der Waals surface area contributed by atoms with Crippen molar-refractivity contribution in [2.45, 2.75) is 44.7 Å². The molecular formula is C26H29F3N6O2. The highest BCUT2D eigenvalue weighted by molar-refractivity contribution is 5.99. The summed E-state index contributed by atoms with van der Waals surface area (Å²) >= 11 is 0. The van der Waals surface area contributed by atoms with E-state index in [9.17, 15) is 22.8 Å². The van der Waals surface area contributed by atoms with Gasteiger partial charge in [-0.25, -0.2) is 23.1 Å². The average molecular weight is 515 g/mol. The lowest BCUT2D eigenvalue weighted by molar-refractivity contribution is 0.0454. The minimum Gasteiger partial charge on any atom is -0.363 e. The third-order valence-electron chi connectivity index (χ3n) is 7.54. The Morgan fingerprint density at radius 2 is 1.81 bits per heavy atom. The van der Waals surface area contributed by atoms with Crippen molar-refractivity contribution in [3.63, 3.8) is 0 Å². The van der Waals surface area contributed by atoms with E-state index in [1.54, 1.807) is 11.8 Å². The van der Waals surface area contributed by atoms with Crippen molar-refractivity contribution >= 4 is 22.8 Å². The maximum Gasteiger partial charge on any atom is 0.266 e. The molecule has 8 nitrogen and oxygen atoms in total. The summed E-state index contributed by atoms with van der Waals surface area (Å²) in [6.45, 7) is 4.27. The number of nitrogens with zero attached hydrogens (tertiary/aromatic N) is 5. The molecule has 1 saturated heterocycles. The molecule has 2 aromatic heterocycles. The lowest BCUT2D eigenvalue weighted by Gasteiger charge is -2.42. The number of nitrogens with one attached hydrogen (secondary N) is 1. The van der Waals surface area contributed by atoms with Gasteiger partial charge in [-0.3, -0.25) is 19.1 Å². The normalized spacial score (nSPS) is 17.7. The number of fused-ring (bicyclic) bond motifs is 1. The molecule has 1 aromatic carbocycles. The molecule has 2 fully saturated rings. The molecule has 3 aromatic rings. The van der Waals surface area contributed by atoms with Gasteiger partial charge in [-0.1, -0.05) is 24.6 Å². The van der Waals surface area contributed by atoms with Crippen LogP contribution in [0, 0.1) is 5.82 Å². The fourth-order valence-electron chi connectivity index (χ4n) is 5.10. The van der Waals surface area contributed by atoms with Crippen molar-refractivity contribution < 1.29 is 18.0 Å². The van der Waals surface area contributed by atoms with Crippen LogP contribution >= 0.6 is 0 Å². The zero-order valence-electron chi connectivity index (χ0n) is 20.8. The first-order chi connectivity index (χ1) is 17.8. The first-order valence-corrected chi connectivity index (χ1v) is 12.5. The largest absolute Gasteiger partial charge is 0.363 e. The Morgan fingerprint density at radius 3 is 2.46 bits per heavy atom. The van der Waals surface area contributed by atoms with E-state index in [0.717, 1.165) is 19.2 Å². The lowest BCUT2D eigenvalue weighted by atomic mass is 9.91. The Morgan fingerprint density at radius 1 is 1.11 bits per heavy atom. The summed E-state index contributed by atoms with van der Waals surface area (Å²) in [5.41, 5.74) is -0.792. The van der Waals surface area contributed by atoms with E-state index in [1.807, 2.05) is 0 Å². The molecule has 0 radical (unpaired) electrons. The van der Waals surface area contributed by atoms with E-state index in [2.05, 4.69) is 20.2 Å².